The molecule has 0 bridgehead atoms. The van der Waals surface area contributed by atoms with E-state index in [4.69, 9.17) is 5.73 Å². The minimum absolute atomic E-state index is 0.0814. The largest absolute Gasteiger partial charge is 0.375 e. The average molecular weight is 184 g/mol. The van der Waals surface area contributed by atoms with Crippen molar-refractivity contribution in [3.05, 3.63) is 11.1 Å². The summed E-state index contributed by atoms with van der Waals surface area (Å²) in [5, 5.41) is 2.17. The van der Waals surface area contributed by atoms with Gasteiger partial charge < -0.3 is 5.73 Å². The molecule has 0 aliphatic carbocycles. The van der Waals surface area contributed by atoms with Crippen molar-refractivity contribution in [3.63, 3.8) is 0 Å². The number of nitrogens with zero attached hydrogens (tertiary/aromatic N) is 1. The molecule has 66 valence electrons. The maximum Gasteiger partial charge on any atom is 0.182 e. The van der Waals surface area contributed by atoms with E-state index < -0.39 is 0 Å². The second-order valence-corrected chi connectivity index (χ2v) is 3.98. The summed E-state index contributed by atoms with van der Waals surface area (Å²) in [7, 11) is 0. The van der Waals surface area contributed by atoms with E-state index in [2.05, 4.69) is 4.98 Å². The summed E-state index contributed by atoms with van der Waals surface area (Å²) >= 11 is 1.31. The molecule has 0 radical (unpaired) electrons. The minimum Gasteiger partial charge on any atom is -0.375 e. The van der Waals surface area contributed by atoms with Crippen molar-refractivity contribution in [1.82, 2.24) is 4.98 Å². The lowest BCUT2D eigenvalue weighted by molar-refractivity contribution is 0.0964. The number of hydrogen-bond donors (Lipinski definition) is 1. The van der Waals surface area contributed by atoms with E-state index in [0.29, 0.717) is 23.2 Å². The number of nitrogen functional groups attached to an aromatic ring is 1. The van der Waals surface area contributed by atoms with Crippen molar-refractivity contribution in [3.8, 4) is 0 Å². The number of ketones is 1. The van der Waals surface area contributed by atoms with Crippen LogP contribution < -0.4 is 5.73 Å². The lowest BCUT2D eigenvalue weighted by Crippen LogP contribution is -2.03. The lowest BCUT2D eigenvalue weighted by atomic mass is 10.1. The Kier molecular flexibility index (Phi) is 2.81. The molecule has 0 saturated carbocycles. The van der Waals surface area contributed by atoms with Crippen LogP contribution in [-0.4, -0.2) is 10.8 Å². The Morgan fingerprint density at radius 2 is 2.42 bits per heavy atom. The monoisotopic (exact) mass is 184 g/mol. The average Bonchev–Trinajstić information content (AvgIpc) is 2.34. The maximum absolute atomic E-state index is 11.4. The Morgan fingerprint density at radius 3 is 2.83 bits per heavy atom. The normalized spacial score (nSPS) is 10.6. The smallest absolute Gasteiger partial charge is 0.182 e. The maximum atomic E-state index is 11.4. The van der Waals surface area contributed by atoms with Crippen LogP contribution in [0, 0.1) is 5.92 Å². The van der Waals surface area contributed by atoms with Gasteiger partial charge in [-0.2, -0.15) is 0 Å². The highest BCUT2D eigenvalue weighted by molar-refractivity contribution is 7.13. The van der Waals surface area contributed by atoms with Crippen LogP contribution in [-0.2, 0) is 0 Å². The van der Waals surface area contributed by atoms with Crippen molar-refractivity contribution in [2.75, 3.05) is 5.73 Å². The standard InChI is InChI=1S/C8H12N2OS/c1-5(2)3-7(11)6-4-12-8(9)10-6/h4-5H,3H2,1-2H3,(H2,9,10). The van der Waals surface area contributed by atoms with Crippen molar-refractivity contribution >= 4 is 22.3 Å². The molecule has 1 rings (SSSR count). The first-order chi connectivity index (χ1) is 5.59. The highest BCUT2D eigenvalue weighted by Crippen LogP contribution is 2.14. The molecule has 1 aromatic heterocycles. The van der Waals surface area contributed by atoms with Crippen LogP contribution in [0.5, 0.6) is 0 Å². The van der Waals surface area contributed by atoms with Crippen LogP contribution in [0.4, 0.5) is 5.13 Å². The van der Waals surface area contributed by atoms with Gasteiger partial charge in [0, 0.05) is 11.8 Å². The van der Waals surface area contributed by atoms with Gasteiger partial charge in [0.15, 0.2) is 10.9 Å². The molecule has 0 aromatic carbocycles. The molecule has 0 saturated heterocycles. The van der Waals surface area contributed by atoms with Gasteiger partial charge in [0.05, 0.1) is 0 Å². The van der Waals surface area contributed by atoms with E-state index >= 15 is 0 Å². The lowest BCUT2D eigenvalue weighted by Gasteiger charge is -1.99. The summed E-state index contributed by atoms with van der Waals surface area (Å²) in [5.74, 6) is 0.457. The molecule has 1 aromatic rings. The first-order valence-electron chi connectivity index (χ1n) is 3.84. The Bertz CT molecular complexity index is 280. The SMILES string of the molecule is CC(C)CC(=O)c1csc(N)n1. The molecule has 0 unspecified atom stereocenters. The minimum atomic E-state index is 0.0814. The number of thiazole rings is 1. The van der Waals surface area contributed by atoms with Crippen LogP contribution in [0.25, 0.3) is 0 Å². The topological polar surface area (TPSA) is 56.0 Å². The van der Waals surface area contributed by atoms with Gasteiger partial charge in [-0.15, -0.1) is 11.3 Å². The summed E-state index contributed by atoms with van der Waals surface area (Å²) < 4.78 is 0. The van der Waals surface area contributed by atoms with Crippen molar-refractivity contribution in [1.29, 1.82) is 0 Å². The molecule has 0 aliphatic rings. The molecule has 0 fully saturated rings. The Hall–Kier alpha value is -0.900. The molecule has 1 heterocycles. The van der Waals surface area contributed by atoms with Crippen molar-refractivity contribution in [2.24, 2.45) is 5.92 Å². The number of rotatable bonds is 3. The zero-order chi connectivity index (χ0) is 9.14. The predicted octanol–water partition coefficient (Wildman–Crippen LogP) is 1.95. The first kappa shape index (κ1) is 9.19. The van der Waals surface area contributed by atoms with Gasteiger partial charge in [0.2, 0.25) is 0 Å². The van der Waals surface area contributed by atoms with Gasteiger partial charge in [0.25, 0.3) is 0 Å². The first-order valence-corrected chi connectivity index (χ1v) is 4.71. The molecule has 0 aliphatic heterocycles. The summed E-state index contributed by atoms with van der Waals surface area (Å²) in [4.78, 5) is 15.3. The molecule has 0 atom stereocenters. The quantitative estimate of drug-likeness (QED) is 0.730. The van der Waals surface area contributed by atoms with Gasteiger partial charge in [-0.05, 0) is 5.92 Å². The summed E-state index contributed by atoms with van der Waals surface area (Å²) in [5.41, 5.74) is 5.91. The van der Waals surface area contributed by atoms with Gasteiger partial charge in [-0.25, -0.2) is 4.98 Å². The molecule has 12 heavy (non-hydrogen) atoms. The Labute approximate surface area is 75.6 Å². The highest BCUT2D eigenvalue weighted by atomic mass is 32.1. The Morgan fingerprint density at radius 1 is 1.75 bits per heavy atom. The Balaban J connectivity index is 2.65. The van der Waals surface area contributed by atoms with E-state index in [0.717, 1.165) is 0 Å². The van der Waals surface area contributed by atoms with E-state index in [1.165, 1.54) is 11.3 Å². The third-order valence-electron chi connectivity index (χ3n) is 1.40. The third kappa shape index (κ3) is 2.30. The number of carbonyl (C=O) groups excluding carboxylic acids is 1. The summed E-state index contributed by atoms with van der Waals surface area (Å²) in [6.07, 6.45) is 0.545. The van der Waals surface area contributed by atoms with E-state index in [1.54, 1.807) is 5.38 Å². The zero-order valence-electron chi connectivity index (χ0n) is 7.20. The molecule has 3 nitrogen and oxygen atoms in total. The second kappa shape index (κ2) is 3.67. The van der Waals surface area contributed by atoms with E-state index in [-0.39, 0.29) is 5.78 Å². The fraction of sp³-hybridized carbons (Fsp3) is 0.500. The second-order valence-electron chi connectivity index (χ2n) is 3.09. The van der Waals surface area contributed by atoms with Crippen LogP contribution in [0.1, 0.15) is 30.8 Å². The van der Waals surface area contributed by atoms with Gasteiger partial charge >= 0.3 is 0 Å². The number of Topliss-reactive ketones (excluding diaryl/α,β-unsaturated/α-hetero) is 1. The fourth-order valence-electron chi connectivity index (χ4n) is 0.891. The molecule has 0 spiro atoms. The third-order valence-corrected chi connectivity index (χ3v) is 2.08. The highest BCUT2D eigenvalue weighted by Gasteiger charge is 2.10. The summed E-state index contributed by atoms with van der Waals surface area (Å²) in [6.45, 7) is 4.02. The van der Waals surface area contributed by atoms with Crippen LogP contribution in [0.15, 0.2) is 5.38 Å². The molecule has 2 N–H and O–H groups in total. The molecular weight excluding hydrogens is 172 g/mol. The molecular formula is C8H12N2OS. The van der Waals surface area contributed by atoms with Gasteiger partial charge in [-0.3, -0.25) is 4.79 Å². The van der Waals surface area contributed by atoms with E-state index in [9.17, 15) is 4.79 Å². The fourth-order valence-corrected chi connectivity index (χ4v) is 1.46. The number of nitrogens with two attached hydrogens (primary N) is 1. The number of hydrogen-bond acceptors (Lipinski definition) is 4. The zero-order valence-corrected chi connectivity index (χ0v) is 8.02. The predicted molar refractivity (Wildman–Crippen MR) is 50.3 cm³/mol. The summed E-state index contributed by atoms with van der Waals surface area (Å²) in [6, 6.07) is 0. The number of carbonyl (C=O) groups is 1. The van der Waals surface area contributed by atoms with Crippen LogP contribution in [0.2, 0.25) is 0 Å². The number of aromatic nitrogens is 1. The van der Waals surface area contributed by atoms with Gasteiger partial charge in [0.1, 0.15) is 5.69 Å². The number of anilines is 1. The van der Waals surface area contributed by atoms with E-state index in [1.807, 2.05) is 13.8 Å². The van der Waals surface area contributed by atoms with Crippen LogP contribution >= 0.6 is 11.3 Å². The molecule has 0 amide bonds. The van der Waals surface area contributed by atoms with Gasteiger partial charge in [-0.1, -0.05) is 13.8 Å². The molecule has 4 heteroatoms. The van der Waals surface area contributed by atoms with Crippen molar-refractivity contribution in [2.45, 2.75) is 20.3 Å². The van der Waals surface area contributed by atoms with Crippen LogP contribution in [0.3, 0.4) is 0 Å². The van der Waals surface area contributed by atoms with Crippen molar-refractivity contribution < 1.29 is 4.79 Å².